The number of nitrogens with zero attached hydrogens (tertiary/aromatic N) is 2. The fraction of sp³-hybridized carbons (Fsp3) is 0.423. The number of ether oxygens (including phenoxy) is 3. The molecule has 2 heterocycles. The molecule has 11 nitrogen and oxygen atoms in total. The largest absolute Gasteiger partial charge is 0.490 e. The Kier molecular flexibility index (Phi) is 9.35. The van der Waals surface area contributed by atoms with Crippen molar-refractivity contribution in [3.05, 3.63) is 58.7 Å². The molecule has 3 rings (SSSR count). The van der Waals surface area contributed by atoms with Crippen LogP contribution in [0, 0.1) is 0 Å². The van der Waals surface area contributed by atoms with Crippen LogP contribution >= 0.6 is 0 Å². The fourth-order valence-electron chi connectivity index (χ4n) is 3.63. The molecule has 0 amide bonds. The molecule has 0 bridgehead atoms. The van der Waals surface area contributed by atoms with Gasteiger partial charge in [-0.1, -0.05) is 25.1 Å². The molecule has 3 aromatic rings. The number of carbonyl (C=O) groups is 3. The lowest BCUT2D eigenvalue weighted by Gasteiger charge is -2.20. The zero-order valence-electron chi connectivity index (χ0n) is 22.5. The van der Waals surface area contributed by atoms with Crippen molar-refractivity contribution in [3.63, 3.8) is 0 Å². The van der Waals surface area contributed by atoms with Crippen molar-refractivity contribution in [2.45, 2.75) is 65.6 Å². The number of esters is 3. The Morgan fingerprint density at radius 1 is 1.05 bits per heavy atom. The molecule has 0 aliphatic rings. The first-order valence-electron chi connectivity index (χ1n) is 12.3. The van der Waals surface area contributed by atoms with E-state index in [0.29, 0.717) is 5.56 Å². The molecular formula is C26H29F3N4O7. The van der Waals surface area contributed by atoms with Gasteiger partial charge in [-0.05, 0) is 51.8 Å². The maximum atomic E-state index is 13.2. The van der Waals surface area contributed by atoms with Crippen LogP contribution in [-0.4, -0.2) is 51.5 Å². The first kappa shape index (κ1) is 30.3. The second kappa shape index (κ2) is 12.3. The minimum atomic E-state index is -5.36. The summed E-state index contributed by atoms with van der Waals surface area (Å²) >= 11 is 0. The third-order valence-corrected chi connectivity index (χ3v) is 5.21. The Balaban J connectivity index is 2.05. The van der Waals surface area contributed by atoms with Crippen molar-refractivity contribution < 1.29 is 46.2 Å². The average Bonchev–Trinajstić information content (AvgIpc) is 3.50. The van der Waals surface area contributed by atoms with Gasteiger partial charge in [0.25, 0.3) is 0 Å². The molecule has 0 saturated heterocycles. The normalized spacial score (nSPS) is 12.6. The summed E-state index contributed by atoms with van der Waals surface area (Å²) in [4.78, 5) is 40.4. The number of benzene rings is 1. The number of carbonyl (C=O) groups excluding carboxylic acids is 3. The number of aromatic nitrogens is 3. The minimum Gasteiger partial charge on any atom is -0.462 e. The van der Waals surface area contributed by atoms with Crippen molar-refractivity contribution in [2.75, 3.05) is 6.61 Å². The quantitative estimate of drug-likeness (QED) is 0.202. The first-order valence-corrected chi connectivity index (χ1v) is 12.3. The Labute approximate surface area is 227 Å². The van der Waals surface area contributed by atoms with E-state index < -0.39 is 35.9 Å². The predicted octanol–water partition coefficient (Wildman–Crippen LogP) is 4.65. The lowest BCUT2D eigenvalue weighted by atomic mass is 10.0. The van der Waals surface area contributed by atoms with E-state index in [0.717, 1.165) is 0 Å². The second-order valence-corrected chi connectivity index (χ2v) is 9.37. The van der Waals surface area contributed by atoms with Gasteiger partial charge < -0.3 is 23.6 Å². The number of nitrogens with one attached hydrogen (secondary N) is 2. The molecular weight excluding hydrogens is 537 g/mol. The van der Waals surface area contributed by atoms with Gasteiger partial charge in [0.2, 0.25) is 11.8 Å². The summed E-state index contributed by atoms with van der Waals surface area (Å²) in [7, 11) is 0. The number of alkyl halides is 3. The van der Waals surface area contributed by atoms with E-state index in [-0.39, 0.29) is 53.9 Å². The van der Waals surface area contributed by atoms with Crippen molar-refractivity contribution in [3.8, 4) is 11.5 Å². The van der Waals surface area contributed by atoms with Crippen LogP contribution in [0.3, 0.4) is 0 Å². The number of hydrogen-bond acceptors (Lipinski definition) is 10. The predicted molar refractivity (Wildman–Crippen MR) is 133 cm³/mol. The topological polar surface area (TPSA) is 146 Å². The van der Waals surface area contributed by atoms with E-state index in [1.807, 2.05) is 0 Å². The highest BCUT2D eigenvalue weighted by atomic mass is 19.4. The molecule has 2 N–H and O–H groups in total. The van der Waals surface area contributed by atoms with E-state index >= 15 is 0 Å². The maximum Gasteiger partial charge on any atom is 0.490 e. The standard InChI is InChI=1S/C26H29F3N4O7/c1-6-15-17(22(34)37-7-2)19(31-18(15)23(35)40-25(3,4)5)21(39-24(36)26(27,28)29)30-13-16-32-33-20(38-16)14-11-9-8-10-12-14/h8-12,21,30-31H,6-7,13H2,1-5H3. The van der Waals surface area contributed by atoms with Gasteiger partial charge in [0.05, 0.1) is 24.4 Å². The molecule has 0 radical (unpaired) electrons. The van der Waals surface area contributed by atoms with Crippen LogP contribution in [0.5, 0.6) is 0 Å². The van der Waals surface area contributed by atoms with Gasteiger partial charge in [0.15, 0.2) is 6.23 Å². The number of rotatable bonds is 10. The smallest absolute Gasteiger partial charge is 0.462 e. The van der Waals surface area contributed by atoms with E-state index in [1.54, 1.807) is 58.0 Å². The lowest BCUT2D eigenvalue weighted by molar-refractivity contribution is -0.207. The van der Waals surface area contributed by atoms with Crippen LogP contribution in [0.2, 0.25) is 0 Å². The van der Waals surface area contributed by atoms with Crippen molar-refractivity contribution in [1.82, 2.24) is 20.5 Å². The lowest BCUT2D eigenvalue weighted by Crippen LogP contribution is -2.34. The zero-order valence-corrected chi connectivity index (χ0v) is 22.5. The zero-order chi connectivity index (χ0) is 29.7. The van der Waals surface area contributed by atoms with E-state index in [9.17, 15) is 27.6 Å². The van der Waals surface area contributed by atoms with Crippen LogP contribution in [0.15, 0.2) is 34.7 Å². The molecule has 0 aliphatic heterocycles. The molecule has 1 unspecified atom stereocenters. The minimum absolute atomic E-state index is 0.0563. The fourth-order valence-corrected chi connectivity index (χ4v) is 3.63. The highest BCUT2D eigenvalue weighted by Crippen LogP contribution is 2.31. The van der Waals surface area contributed by atoms with Gasteiger partial charge in [0.1, 0.15) is 11.3 Å². The average molecular weight is 567 g/mol. The molecule has 0 spiro atoms. The molecule has 40 heavy (non-hydrogen) atoms. The number of hydrogen-bond donors (Lipinski definition) is 2. The summed E-state index contributed by atoms with van der Waals surface area (Å²) < 4.78 is 60.4. The second-order valence-electron chi connectivity index (χ2n) is 9.37. The molecule has 14 heteroatoms. The van der Waals surface area contributed by atoms with Gasteiger partial charge >= 0.3 is 24.1 Å². The number of H-pyrrole nitrogens is 1. The summed E-state index contributed by atoms with van der Waals surface area (Å²) in [6.07, 6.45) is -7.19. The SMILES string of the molecule is CCOC(=O)c1c(C(NCc2nnc(-c3ccccc3)o2)OC(=O)C(F)(F)F)[nH]c(C(=O)OC(C)(C)C)c1CC. The van der Waals surface area contributed by atoms with Gasteiger partial charge in [-0.15, -0.1) is 10.2 Å². The van der Waals surface area contributed by atoms with E-state index in [4.69, 9.17) is 18.6 Å². The maximum absolute atomic E-state index is 13.2. The third-order valence-electron chi connectivity index (χ3n) is 5.21. The van der Waals surface area contributed by atoms with Crippen LogP contribution in [-0.2, 0) is 32.0 Å². The summed E-state index contributed by atoms with van der Waals surface area (Å²) in [6, 6.07) is 8.72. The third kappa shape index (κ3) is 7.46. The van der Waals surface area contributed by atoms with Gasteiger partial charge in [0, 0.05) is 5.56 Å². The van der Waals surface area contributed by atoms with Crippen LogP contribution in [0.4, 0.5) is 13.2 Å². The van der Waals surface area contributed by atoms with Crippen LogP contribution in [0.25, 0.3) is 11.5 Å². The van der Waals surface area contributed by atoms with Crippen molar-refractivity contribution >= 4 is 17.9 Å². The molecule has 1 atom stereocenters. The molecule has 216 valence electrons. The summed E-state index contributed by atoms with van der Waals surface area (Å²) in [5, 5.41) is 10.4. The molecule has 1 aromatic carbocycles. The Hall–Kier alpha value is -4.20. The Bertz CT molecular complexity index is 1340. The highest BCUT2D eigenvalue weighted by Gasteiger charge is 2.44. The van der Waals surface area contributed by atoms with E-state index in [1.165, 1.54) is 6.92 Å². The first-order chi connectivity index (χ1) is 18.7. The number of aromatic amines is 1. The van der Waals surface area contributed by atoms with E-state index in [2.05, 4.69) is 20.5 Å². The molecule has 0 fully saturated rings. The molecule has 2 aromatic heterocycles. The Morgan fingerprint density at radius 2 is 1.73 bits per heavy atom. The highest BCUT2D eigenvalue weighted by molar-refractivity contribution is 5.99. The van der Waals surface area contributed by atoms with Gasteiger partial charge in [-0.2, -0.15) is 13.2 Å². The molecule has 0 aliphatic carbocycles. The van der Waals surface area contributed by atoms with Crippen LogP contribution in [0.1, 0.15) is 78.8 Å². The van der Waals surface area contributed by atoms with Crippen LogP contribution < -0.4 is 5.32 Å². The van der Waals surface area contributed by atoms with Gasteiger partial charge in [-0.25, -0.2) is 14.4 Å². The summed E-state index contributed by atoms with van der Waals surface area (Å²) in [5.41, 5.74) is -1.03. The number of halogens is 3. The summed E-state index contributed by atoms with van der Waals surface area (Å²) in [6.45, 7) is 7.57. The van der Waals surface area contributed by atoms with Crippen molar-refractivity contribution in [1.29, 1.82) is 0 Å². The molecule has 0 saturated carbocycles. The summed E-state index contributed by atoms with van der Waals surface area (Å²) in [5.74, 6) is -4.26. The Morgan fingerprint density at radius 3 is 2.30 bits per heavy atom. The van der Waals surface area contributed by atoms with Gasteiger partial charge in [-0.3, -0.25) is 5.32 Å². The monoisotopic (exact) mass is 566 g/mol. The van der Waals surface area contributed by atoms with Crippen molar-refractivity contribution in [2.24, 2.45) is 0 Å².